The van der Waals surface area contributed by atoms with Crippen LogP contribution in [0.2, 0.25) is 0 Å². The molecule has 2 bridgehead atoms. The minimum absolute atomic E-state index is 0.135. The molecular weight excluding hydrogens is 248 g/mol. The van der Waals surface area contributed by atoms with Crippen LogP contribution in [0.3, 0.4) is 0 Å². The van der Waals surface area contributed by atoms with Crippen molar-refractivity contribution >= 4 is 6.03 Å². The quantitative estimate of drug-likeness (QED) is 0.832. The van der Waals surface area contributed by atoms with E-state index in [0.717, 1.165) is 25.4 Å². The van der Waals surface area contributed by atoms with E-state index in [0.29, 0.717) is 17.4 Å². The van der Waals surface area contributed by atoms with Crippen molar-refractivity contribution in [3.63, 3.8) is 0 Å². The fraction of sp³-hybridized carbons (Fsp3) is 0.941. The lowest BCUT2D eigenvalue weighted by Gasteiger charge is -2.40. The molecule has 0 spiro atoms. The van der Waals surface area contributed by atoms with Gasteiger partial charge in [-0.2, -0.15) is 0 Å². The van der Waals surface area contributed by atoms with Gasteiger partial charge in [0.1, 0.15) is 0 Å². The highest BCUT2D eigenvalue weighted by Crippen LogP contribution is 2.65. The highest BCUT2D eigenvalue weighted by atomic mass is 16.2. The molecule has 0 aliphatic heterocycles. The number of nitrogens with one attached hydrogen (secondary N) is 1. The lowest BCUT2D eigenvalue weighted by molar-refractivity contribution is 0.117. The van der Waals surface area contributed by atoms with Gasteiger partial charge >= 0.3 is 6.03 Å². The Kier molecular flexibility index (Phi) is 4.10. The molecule has 0 aromatic carbocycles. The predicted octanol–water partition coefficient (Wildman–Crippen LogP) is 3.89. The van der Waals surface area contributed by atoms with E-state index in [1.54, 1.807) is 0 Å². The molecule has 0 aromatic heterocycles. The van der Waals surface area contributed by atoms with Crippen LogP contribution in [0.15, 0.2) is 0 Å². The van der Waals surface area contributed by atoms with E-state index in [9.17, 15) is 4.79 Å². The lowest BCUT2D eigenvalue weighted by Crippen LogP contribution is -2.51. The van der Waals surface area contributed by atoms with Gasteiger partial charge in [0.2, 0.25) is 0 Å². The van der Waals surface area contributed by atoms with Crippen LogP contribution in [-0.4, -0.2) is 30.1 Å². The molecule has 0 radical (unpaired) electrons. The Morgan fingerprint density at radius 1 is 1.35 bits per heavy atom. The number of rotatable bonds is 4. The molecule has 3 unspecified atom stereocenters. The van der Waals surface area contributed by atoms with Gasteiger partial charge in [0, 0.05) is 19.1 Å². The Morgan fingerprint density at radius 3 is 2.40 bits per heavy atom. The molecule has 2 amide bonds. The number of hydrogen-bond acceptors (Lipinski definition) is 1. The predicted molar refractivity (Wildman–Crippen MR) is 83.6 cm³/mol. The van der Waals surface area contributed by atoms with Crippen LogP contribution in [0, 0.1) is 22.7 Å². The summed E-state index contributed by atoms with van der Waals surface area (Å²) < 4.78 is 0. The van der Waals surface area contributed by atoms with Crippen molar-refractivity contribution in [2.24, 2.45) is 22.7 Å². The highest BCUT2D eigenvalue weighted by Gasteiger charge is 2.61. The topological polar surface area (TPSA) is 32.3 Å². The molecule has 0 aromatic rings. The molecule has 2 rings (SSSR count). The van der Waals surface area contributed by atoms with Gasteiger partial charge in [-0.3, -0.25) is 0 Å². The Balaban J connectivity index is 2.03. The first kappa shape index (κ1) is 15.7. The van der Waals surface area contributed by atoms with Crippen molar-refractivity contribution < 1.29 is 4.79 Å². The summed E-state index contributed by atoms with van der Waals surface area (Å²) in [6.07, 6.45) is 3.75. The van der Waals surface area contributed by atoms with E-state index in [4.69, 9.17) is 0 Å². The minimum atomic E-state index is 0.135. The third-order valence-corrected chi connectivity index (χ3v) is 6.35. The van der Waals surface area contributed by atoms with Crippen molar-refractivity contribution in [3.8, 4) is 0 Å². The van der Waals surface area contributed by atoms with Gasteiger partial charge in [0.25, 0.3) is 0 Å². The summed E-state index contributed by atoms with van der Waals surface area (Å²) in [6.45, 7) is 15.2. The molecular formula is C17H32N2O. The SMILES string of the molecule is CCN(CC(C)C)C(=O)NC1CC2CCC1(C)C2(C)C. The molecule has 0 saturated heterocycles. The van der Waals surface area contributed by atoms with E-state index in [1.807, 2.05) is 4.90 Å². The van der Waals surface area contributed by atoms with Crippen molar-refractivity contribution in [1.82, 2.24) is 10.2 Å². The van der Waals surface area contributed by atoms with Crippen LogP contribution in [0.4, 0.5) is 4.79 Å². The second kappa shape index (κ2) is 5.23. The number of carbonyl (C=O) groups excluding carboxylic acids is 1. The zero-order chi connectivity index (χ0) is 15.1. The fourth-order valence-corrected chi connectivity index (χ4v) is 4.46. The minimum Gasteiger partial charge on any atom is -0.335 e. The number of nitrogens with zero attached hydrogens (tertiary/aromatic N) is 1. The maximum absolute atomic E-state index is 12.5. The van der Waals surface area contributed by atoms with Crippen molar-refractivity contribution in [1.29, 1.82) is 0 Å². The number of hydrogen-bond donors (Lipinski definition) is 1. The Labute approximate surface area is 124 Å². The first-order valence-electron chi connectivity index (χ1n) is 8.27. The van der Waals surface area contributed by atoms with Crippen molar-refractivity contribution in [2.75, 3.05) is 13.1 Å². The number of carbonyl (C=O) groups is 1. The molecule has 3 atom stereocenters. The second-order valence-corrected chi connectivity index (χ2v) is 8.05. The van der Waals surface area contributed by atoms with Gasteiger partial charge in [-0.05, 0) is 48.9 Å². The summed E-state index contributed by atoms with van der Waals surface area (Å²) in [5.74, 6) is 1.30. The fourth-order valence-electron chi connectivity index (χ4n) is 4.46. The molecule has 2 fully saturated rings. The third-order valence-electron chi connectivity index (χ3n) is 6.35. The van der Waals surface area contributed by atoms with Crippen LogP contribution in [0.5, 0.6) is 0 Å². The Hall–Kier alpha value is -0.730. The van der Waals surface area contributed by atoms with E-state index in [1.165, 1.54) is 12.8 Å². The van der Waals surface area contributed by atoms with Crippen molar-refractivity contribution in [3.05, 3.63) is 0 Å². The standard InChI is InChI=1S/C17H32N2O/c1-7-19(11-12(2)3)15(20)18-14-10-13-8-9-17(14,6)16(13,4)5/h12-14H,7-11H2,1-6H3,(H,18,20). The van der Waals surface area contributed by atoms with Gasteiger partial charge < -0.3 is 10.2 Å². The van der Waals surface area contributed by atoms with Crippen LogP contribution in [-0.2, 0) is 0 Å². The number of urea groups is 1. The van der Waals surface area contributed by atoms with Crippen LogP contribution < -0.4 is 5.32 Å². The lowest BCUT2D eigenvalue weighted by atomic mass is 9.69. The summed E-state index contributed by atoms with van der Waals surface area (Å²) in [7, 11) is 0. The second-order valence-electron chi connectivity index (χ2n) is 8.05. The maximum Gasteiger partial charge on any atom is 0.317 e. The molecule has 3 nitrogen and oxygen atoms in total. The smallest absolute Gasteiger partial charge is 0.317 e. The molecule has 0 heterocycles. The molecule has 2 aliphatic rings. The van der Waals surface area contributed by atoms with E-state index >= 15 is 0 Å². The average Bonchev–Trinajstić information content (AvgIpc) is 2.68. The van der Waals surface area contributed by atoms with Crippen molar-refractivity contribution in [2.45, 2.75) is 66.8 Å². The van der Waals surface area contributed by atoms with E-state index in [-0.39, 0.29) is 11.4 Å². The van der Waals surface area contributed by atoms with Gasteiger partial charge in [-0.15, -0.1) is 0 Å². The molecule has 2 aliphatic carbocycles. The first-order chi connectivity index (χ1) is 9.22. The van der Waals surface area contributed by atoms with Crippen LogP contribution in [0.1, 0.15) is 60.8 Å². The largest absolute Gasteiger partial charge is 0.335 e. The summed E-state index contributed by atoms with van der Waals surface area (Å²) in [6, 6.07) is 0.487. The monoisotopic (exact) mass is 280 g/mol. The molecule has 3 heteroatoms. The summed E-state index contributed by atoms with van der Waals surface area (Å²) in [4.78, 5) is 14.5. The normalized spacial score (nSPS) is 34.5. The van der Waals surface area contributed by atoms with Gasteiger partial charge in [-0.25, -0.2) is 4.79 Å². The number of amides is 2. The van der Waals surface area contributed by atoms with Gasteiger partial charge in [0.05, 0.1) is 0 Å². The highest BCUT2D eigenvalue weighted by molar-refractivity contribution is 5.74. The summed E-state index contributed by atoms with van der Waals surface area (Å²) in [5, 5.41) is 3.35. The number of fused-ring (bicyclic) bond motifs is 2. The summed E-state index contributed by atoms with van der Waals surface area (Å²) >= 11 is 0. The summed E-state index contributed by atoms with van der Waals surface area (Å²) in [5.41, 5.74) is 0.630. The zero-order valence-corrected chi connectivity index (χ0v) is 14.1. The average molecular weight is 280 g/mol. The third kappa shape index (κ3) is 2.33. The van der Waals surface area contributed by atoms with Gasteiger partial charge in [0.15, 0.2) is 0 Å². The maximum atomic E-state index is 12.5. The van der Waals surface area contributed by atoms with Crippen LogP contribution in [0.25, 0.3) is 0 Å². The van der Waals surface area contributed by atoms with Crippen LogP contribution >= 0.6 is 0 Å². The molecule has 116 valence electrons. The Bertz CT molecular complexity index is 377. The van der Waals surface area contributed by atoms with E-state index < -0.39 is 0 Å². The first-order valence-corrected chi connectivity index (χ1v) is 8.27. The molecule has 2 saturated carbocycles. The zero-order valence-electron chi connectivity index (χ0n) is 14.1. The molecule has 20 heavy (non-hydrogen) atoms. The van der Waals surface area contributed by atoms with E-state index in [2.05, 4.69) is 46.9 Å². The Morgan fingerprint density at radius 2 is 2.00 bits per heavy atom. The van der Waals surface area contributed by atoms with Gasteiger partial charge in [-0.1, -0.05) is 34.6 Å². The molecule has 1 N–H and O–H groups in total.